The van der Waals surface area contributed by atoms with Crippen LogP contribution in [0.5, 0.6) is 0 Å². The van der Waals surface area contributed by atoms with E-state index in [0.717, 1.165) is 31.7 Å². The number of aromatic nitrogens is 1. The van der Waals surface area contributed by atoms with Crippen molar-refractivity contribution in [2.24, 2.45) is 5.73 Å². The largest absolute Gasteiger partial charge is 0.461 e. The molecule has 2 aromatic heterocycles. The molecule has 2 aromatic rings. The van der Waals surface area contributed by atoms with Crippen LogP contribution < -0.4 is 5.73 Å². The summed E-state index contributed by atoms with van der Waals surface area (Å²) in [6.45, 7) is 2.75. The maximum atomic E-state index is 5.86. The Morgan fingerprint density at radius 1 is 1.44 bits per heavy atom. The van der Waals surface area contributed by atoms with E-state index in [1.807, 2.05) is 18.2 Å². The Bertz CT molecular complexity index is 483. The van der Waals surface area contributed by atoms with Gasteiger partial charge in [-0.05, 0) is 18.6 Å². The normalized spacial score (nSPS) is 19.9. The molecule has 0 unspecified atom stereocenters. The Kier molecular flexibility index (Phi) is 4.06. The third-order valence-corrected chi connectivity index (χ3v) is 3.02. The van der Waals surface area contributed by atoms with Crippen LogP contribution in [0.3, 0.4) is 0 Å². The van der Waals surface area contributed by atoms with Crippen LogP contribution in [0.25, 0.3) is 11.5 Å². The molecule has 0 aromatic carbocycles. The lowest BCUT2D eigenvalue weighted by atomic mass is 10.3. The predicted octanol–water partition coefficient (Wildman–Crippen LogP) is 1.89. The molecule has 0 saturated carbocycles. The summed E-state index contributed by atoms with van der Waals surface area (Å²) < 4.78 is 10.5. The summed E-state index contributed by atoms with van der Waals surface area (Å²) in [5, 5.41) is 4.04. The molecule has 1 saturated heterocycles. The van der Waals surface area contributed by atoms with Crippen molar-refractivity contribution in [2.45, 2.75) is 19.0 Å². The lowest BCUT2D eigenvalue weighted by Gasteiger charge is -2.11. The van der Waals surface area contributed by atoms with Gasteiger partial charge in [0.25, 0.3) is 0 Å². The number of hydrogen-bond acceptors (Lipinski definition) is 5. The van der Waals surface area contributed by atoms with Gasteiger partial charge in [-0.25, -0.2) is 0 Å². The zero-order valence-electron chi connectivity index (χ0n) is 9.91. The average molecular weight is 270 g/mol. The quantitative estimate of drug-likeness (QED) is 0.922. The lowest BCUT2D eigenvalue weighted by Crippen LogP contribution is -2.26. The van der Waals surface area contributed by atoms with Crippen LogP contribution in [0.2, 0.25) is 0 Å². The van der Waals surface area contributed by atoms with Gasteiger partial charge in [0.05, 0.1) is 12.0 Å². The molecule has 2 N–H and O–H groups in total. The van der Waals surface area contributed by atoms with Crippen molar-refractivity contribution >= 4 is 12.4 Å². The van der Waals surface area contributed by atoms with Crippen molar-refractivity contribution in [1.82, 2.24) is 10.1 Å². The first-order valence-corrected chi connectivity index (χ1v) is 5.78. The third-order valence-electron chi connectivity index (χ3n) is 3.02. The smallest absolute Gasteiger partial charge is 0.202 e. The molecule has 0 radical (unpaired) electrons. The number of hydrogen-bond donors (Lipinski definition) is 1. The van der Waals surface area contributed by atoms with E-state index >= 15 is 0 Å². The Hall–Kier alpha value is -1.30. The second kappa shape index (κ2) is 5.56. The highest BCUT2D eigenvalue weighted by Gasteiger charge is 2.20. The lowest BCUT2D eigenvalue weighted by molar-refractivity contribution is 0.310. The summed E-state index contributed by atoms with van der Waals surface area (Å²) in [5.74, 6) is 1.38. The molecule has 1 atom stereocenters. The van der Waals surface area contributed by atoms with Crippen LogP contribution in [-0.2, 0) is 6.54 Å². The third kappa shape index (κ3) is 2.75. The number of rotatable bonds is 3. The monoisotopic (exact) mass is 269 g/mol. The van der Waals surface area contributed by atoms with Crippen molar-refractivity contribution in [2.75, 3.05) is 13.1 Å². The highest BCUT2D eigenvalue weighted by Crippen LogP contribution is 2.21. The molecule has 0 spiro atoms. The first-order valence-electron chi connectivity index (χ1n) is 5.78. The first-order chi connectivity index (χ1) is 8.31. The van der Waals surface area contributed by atoms with E-state index in [1.54, 1.807) is 6.26 Å². The molecule has 18 heavy (non-hydrogen) atoms. The van der Waals surface area contributed by atoms with Crippen LogP contribution in [-0.4, -0.2) is 29.2 Å². The van der Waals surface area contributed by atoms with Gasteiger partial charge in [0.2, 0.25) is 5.76 Å². The summed E-state index contributed by atoms with van der Waals surface area (Å²) >= 11 is 0. The zero-order valence-corrected chi connectivity index (χ0v) is 10.7. The van der Waals surface area contributed by atoms with E-state index in [0.29, 0.717) is 17.6 Å². The summed E-state index contributed by atoms with van der Waals surface area (Å²) in [5.41, 5.74) is 6.78. The van der Waals surface area contributed by atoms with E-state index < -0.39 is 0 Å². The minimum absolute atomic E-state index is 0. The molecule has 0 bridgehead atoms. The van der Waals surface area contributed by atoms with Crippen molar-refractivity contribution in [3.8, 4) is 11.5 Å². The predicted molar refractivity (Wildman–Crippen MR) is 69.3 cm³/mol. The Morgan fingerprint density at radius 2 is 2.33 bits per heavy atom. The summed E-state index contributed by atoms with van der Waals surface area (Å²) in [6.07, 6.45) is 2.68. The van der Waals surface area contributed by atoms with E-state index in [1.165, 1.54) is 0 Å². The Morgan fingerprint density at radius 3 is 3.00 bits per heavy atom. The maximum absolute atomic E-state index is 5.86. The Balaban J connectivity index is 0.00000120. The molecule has 1 aliphatic heterocycles. The molecule has 0 aliphatic carbocycles. The van der Waals surface area contributed by atoms with E-state index in [2.05, 4.69) is 10.1 Å². The maximum Gasteiger partial charge on any atom is 0.202 e. The standard InChI is InChI=1S/C12H15N3O2.ClH/c13-9-3-4-15(7-9)8-10-6-12(17-14-10)11-2-1-5-16-11;/h1-2,5-6,9H,3-4,7-8,13H2;1H/t9-;/m0./s1. The van der Waals surface area contributed by atoms with Gasteiger partial charge >= 0.3 is 0 Å². The van der Waals surface area contributed by atoms with Gasteiger partial charge in [0.15, 0.2) is 5.76 Å². The van der Waals surface area contributed by atoms with Crippen LogP contribution in [0.15, 0.2) is 33.4 Å². The second-order valence-corrected chi connectivity index (χ2v) is 4.44. The molecular weight excluding hydrogens is 254 g/mol. The van der Waals surface area contributed by atoms with Crippen LogP contribution in [0.1, 0.15) is 12.1 Å². The van der Waals surface area contributed by atoms with Gasteiger partial charge < -0.3 is 14.7 Å². The van der Waals surface area contributed by atoms with Gasteiger partial charge in [-0.15, -0.1) is 12.4 Å². The SMILES string of the molecule is Cl.N[C@H]1CCN(Cc2cc(-c3ccco3)on2)C1. The topological polar surface area (TPSA) is 68.4 Å². The van der Waals surface area contributed by atoms with Crippen molar-refractivity contribution in [3.63, 3.8) is 0 Å². The number of nitrogens with zero attached hydrogens (tertiary/aromatic N) is 2. The molecule has 3 rings (SSSR count). The van der Waals surface area contributed by atoms with Crippen LogP contribution >= 0.6 is 12.4 Å². The van der Waals surface area contributed by atoms with E-state index in [9.17, 15) is 0 Å². The van der Waals surface area contributed by atoms with Gasteiger partial charge in [-0.1, -0.05) is 5.16 Å². The average Bonchev–Trinajstić information content (AvgIpc) is 3.00. The van der Waals surface area contributed by atoms with Crippen molar-refractivity contribution in [1.29, 1.82) is 0 Å². The fraction of sp³-hybridized carbons (Fsp3) is 0.417. The fourth-order valence-electron chi connectivity index (χ4n) is 2.16. The minimum Gasteiger partial charge on any atom is -0.461 e. The molecule has 98 valence electrons. The summed E-state index contributed by atoms with van der Waals surface area (Å²) in [7, 11) is 0. The van der Waals surface area contributed by atoms with E-state index in [-0.39, 0.29) is 12.4 Å². The molecule has 6 heteroatoms. The fourth-order valence-corrected chi connectivity index (χ4v) is 2.16. The molecule has 1 aliphatic rings. The zero-order chi connectivity index (χ0) is 11.7. The van der Waals surface area contributed by atoms with Gasteiger partial charge in [-0.3, -0.25) is 4.90 Å². The number of halogens is 1. The number of furan rings is 1. The van der Waals surface area contributed by atoms with Gasteiger partial charge in [-0.2, -0.15) is 0 Å². The molecule has 0 amide bonds. The summed E-state index contributed by atoms with van der Waals surface area (Å²) in [4.78, 5) is 2.29. The summed E-state index contributed by atoms with van der Waals surface area (Å²) in [6, 6.07) is 5.90. The highest BCUT2D eigenvalue weighted by atomic mass is 35.5. The van der Waals surface area contributed by atoms with E-state index in [4.69, 9.17) is 14.7 Å². The van der Waals surface area contributed by atoms with Crippen LogP contribution in [0.4, 0.5) is 0 Å². The Labute approximate surface area is 111 Å². The number of likely N-dealkylation sites (tertiary alicyclic amines) is 1. The second-order valence-electron chi connectivity index (χ2n) is 4.44. The van der Waals surface area contributed by atoms with Crippen LogP contribution in [0, 0.1) is 0 Å². The minimum atomic E-state index is 0. The molecular formula is C12H16ClN3O2. The van der Waals surface area contributed by atoms with Gasteiger partial charge in [0.1, 0.15) is 0 Å². The molecule has 1 fully saturated rings. The van der Waals surface area contributed by atoms with Gasteiger partial charge in [0, 0.05) is 31.7 Å². The molecule has 3 heterocycles. The molecule has 5 nitrogen and oxygen atoms in total. The van der Waals surface area contributed by atoms with Crippen molar-refractivity contribution < 1.29 is 8.94 Å². The number of nitrogens with two attached hydrogens (primary N) is 1. The first kappa shape index (κ1) is 13.1. The highest BCUT2D eigenvalue weighted by molar-refractivity contribution is 5.85. The van der Waals surface area contributed by atoms with Crippen molar-refractivity contribution in [3.05, 3.63) is 30.2 Å².